The molecular weight excluding hydrogens is 210 g/mol. The van der Waals surface area contributed by atoms with E-state index in [9.17, 15) is 9.59 Å². The summed E-state index contributed by atoms with van der Waals surface area (Å²) in [5.41, 5.74) is 0.729. The number of nitrogens with zero attached hydrogens (tertiary/aromatic N) is 1. The summed E-state index contributed by atoms with van der Waals surface area (Å²) in [6.45, 7) is 0.106. The third-order valence-electron chi connectivity index (χ3n) is 2.30. The molecule has 0 radical (unpaired) electrons. The fourth-order valence-corrected chi connectivity index (χ4v) is 1.56. The maximum Gasteiger partial charge on any atom is 0.331 e. The summed E-state index contributed by atoms with van der Waals surface area (Å²) in [6, 6.07) is 7.08. The van der Waals surface area contributed by atoms with Crippen molar-refractivity contribution in [1.82, 2.24) is 0 Å². The number of fused-ring (bicyclic) bond motifs is 1. The fourth-order valence-electron chi connectivity index (χ4n) is 1.56. The Balaban J connectivity index is 2.26. The molecule has 0 saturated heterocycles. The third-order valence-corrected chi connectivity index (χ3v) is 2.30. The zero-order valence-electron chi connectivity index (χ0n) is 8.80. The molecule has 0 amide bonds. The van der Waals surface area contributed by atoms with Gasteiger partial charge in [-0.1, -0.05) is 12.1 Å². The van der Waals surface area contributed by atoms with E-state index in [0.29, 0.717) is 5.75 Å². The Morgan fingerprint density at radius 3 is 3.00 bits per heavy atom. The Bertz CT molecular complexity index is 430. The molecule has 1 aliphatic rings. The Hall–Kier alpha value is -2.04. The van der Waals surface area contributed by atoms with Crippen LogP contribution in [0.15, 0.2) is 24.3 Å². The molecule has 1 heterocycles. The second-order valence-electron chi connectivity index (χ2n) is 3.37. The summed E-state index contributed by atoms with van der Waals surface area (Å²) in [6.07, 6.45) is 0. The average Bonchev–Trinajstić information content (AvgIpc) is 2.28. The van der Waals surface area contributed by atoms with Crippen LogP contribution in [0.4, 0.5) is 5.69 Å². The highest BCUT2D eigenvalue weighted by Gasteiger charge is 2.25. The lowest BCUT2D eigenvalue weighted by molar-refractivity contribution is -0.139. The molecule has 0 fully saturated rings. The molecule has 0 aliphatic carbocycles. The Morgan fingerprint density at radius 1 is 1.50 bits per heavy atom. The van der Waals surface area contributed by atoms with Gasteiger partial charge in [0, 0.05) is 0 Å². The van der Waals surface area contributed by atoms with E-state index in [0.717, 1.165) is 5.69 Å². The zero-order valence-corrected chi connectivity index (χ0v) is 8.80. The first-order valence-electron chi connectivity index (χ1n) is 4.82. The molecule has 5 nitrogen and oxygen atoms in total. The maximum atomic E-state index is 11.3. The highest BCUT2D eigenvalue weighted by molar-refractivity contribution is 5.87. The molecule has 5 heteroatoms. The number of benzene rings is 1. The van der Waals surface area contributed by atoms with Gasteiger partial charge in [0.25, 0.3) is 0 Å². The molecule has 0 N–H and O–H groups in total. The van der Waals surface area contributed by atoms with Crippen LogP contribution in [0.3, 0.4) is 0 Å². The first-order valence-corrected chi connectivity index (χ1v) is 4.82. The number of para-hydroxylation sites is 2. The van der Waals surface area contributed by atoms with Crippen LogP contribution in [-0.2, 0) is 14.3 Å². The molecule has 0 saturated carbocycles. The van der Waals surface area contributed by atoms with Gasteiger partial charge in [0.2, 0.25) is 0 Å². The standard InChI is InChI=1S/C11H11NO4/c1-15-10(13)6-12-7-11(14)16-9-5-3-2-4-8(9)12/h2-5H,6-7H2,1H3. The van der Waals surface area contributed by atoms with E-state index >= 15 is 0 Å². The number of methoxy groups -OCH3 is 1. The van der Waals surface area contributed by atoms with E-state index in [1.165, 1.54) is 7.11 Å². The van der Waals surface area contributed by atoms with E-state index in [2.05, 4.69) is 4.74 Å². The van der Waals surface area contributed by atoms with Crippen molar-refractivity contribution in [2.24, 2.45) is 0 Å². The largest absolute Gasteiger partial charge is 0.468 e. The lowest BCUT2D eigenvalue weighted by Crippen LogP contribution is -2.40. The Morgan fingerprint density at radius 2 is 2.25 bits per heavy atom. The smallest absolute Gasteiger partial charge is 0.331 e. The van der Waals surface area contributed by atoms with Crippen molar-refractivity contribution in [3.8, 4) is 5.75 Å². The van der Waals surface area contributed by atoms with E-state index < -0.39 is 0 Å². The first kappa shape index (κ1) is 10.5. The molecule has 1 aliphatic heterocycles. The maximum absolute atomic E-state index is 11.3. The van der Waals surface area contributed by atoms with E-state index in [1.807, 2.05) is 6.07 Å². The van der Waals surface area contributed by atoms with Crippen molar-refractivity contribution in [3.63, 3.8) is 0 Å². The molecule has 1 aromatic rings. The lowest BCUT2D eigenvalue weighted by atomic mass is 10.2. The van der Waals surface area contributed by atoms with Gasteiger partial charge in [0.05, 0.1) is 12.8 Å². The summed E-state index contributed by atoms with van der Waals surface area (Å²) in [7, 11) is 1.32. The molecule has 0 spiro atoms. The van der Waals surface area contributed by atoms with E-state index in [1.54, 1.807) is 23.1 Å². The van der Waals surface area contributed by atoms with Gasteiger partial charge >= 0.3 is 11.9 Å². The number of hydrogen-bond donors (Lipinski definition) is 0. The normalized spacial score (nSPS) is 14.1. The molecule has 16 heavy (non-hydrogen) atoms. The van der Waals surface area contributed by atoms with Gasteiger partial charge in [0.15, 0.2) is 5.75 Å². The second kappa shape index (κ2) is 4.22. The number of esters is 2. The minimum absolute atomic E-state index is 0.0443. The van der Waals surface area contributed by atoms with Crippen LogP contribution in [0.5, 0.6) is 5.75 Å². The number of anilines is 1. The molecule has 1 aromatic carbocycles. The molecular formula is C11H11NO4. The quantitative estimate of drug-likeness (QED) is 0.540. The lowest BCUT2D eigenvalue weighted by Gasteiger charge is -2.28. The van der Waals surface area contributed by atoms with Gasteiger partial charge in [-0.25, -0.2) is 4.79 Å². The monoisotopic (exact) mass is 221 g/mol. The number of carbonyl (C=O) groups is 2. The van der Waals surface area contributed by atoms with Gasteiger partial charge in [0.1, 0.15) is 13.1 Å². The average molecular weight is 221 g/mol. The van der Waals surface area contributed by atoms with Crippen LogP contribution in [0.1, 0.15) is 0 Å². The second-order valence-corrected chi connectivity index (χ2v) is 3.37. The number of hydrogen-bond acceptors (Lipinski definition) is 5. The Labute approximate surface area is 92.6 Å². The highest BCUT2D eigenvalue weighted by atomic mass is 16.5. The molecule has 0 bridgehead atoms. The SMILES string of the molecule is COC(=O)CN1CC(=O)Oc2ccccc21. The van der Waals surface area contributed by atoms with Crippen molar-refractivity contribution in [2.75, 3.05) is 25.1 Å². The first-order chi connectivity index (χ1) is 7.70. The minimum Gasteiger partial charge on any atom is -0.468 e. The van der Waals surface area contributed by atoms with Crippen LogP contribution < -0.4 is 9.64 Å². The minimum atomic E-state index is -0.385. The van der Waals surface area contributed by atoms with Crippen LogP contribution >= 0.6 is 0 Å². The predicted octanol–water partition coefficient (Wildman–Crippen LogP) is 0.585. The highest BCUT2D eigenvalue weighted by Crippen LogP contribution is 2.30. The van der Waals surface area contributed by atoms with Gasteiger partial charge < -0.3 is 14.4 Å². The summed E-state index contributed by atoms with van der Waals surface area (Å²) < 4.78 is 9.62. The van der Waals surface area contributed by atoms with Gasteiger partial charge in [-0.3, -0.25) is 4.79 Å². The van der Waals surface area contributed by atoms with Crippen molar-refractivity contribution in [2.45, 2.75) is 0 Å². The van der Waals surface area contributed by atoms with Crippen molar-refractivity contribution in [1.29, 1.82) is 0 Å². The molecule has 0 atom stereocenters. The fraction of sp³-hybridized carbons (Fsp3) is 0.273. The van der Waals surface area contributed by atoms with E-state index in [4.69, 9.17) is 4.74 Å². The zero-order chi connectivity index (χ0) is 11.5. The molecule has 2 rings (SSSR count). The van der Waals surface area contributed by atoms with Gasteiger partial charge in [-0.15, -0.1) is 0 Å². The molecule has 0 aromatic heterocycles. The Kier molecular flexibility index (Phi) is 2.76. The summed E-state index contributed by atoms with van der Waals surface area (Å²) in [4.78, 5) is 24.1. The van der Waals surface area contributed by atoms with Gasteiger partial charge in [-0.05, 0) is 12.1 Å². The van der Waals surface area contributed by atoms with Crippen molar-refractivity contribution >= 4 is 17.6 Å². The number of ether oxygens (including phenoxy) is 2. The summed E-state index contributed by atoms with van der Waals surface area (Å²) in [5.74, 6) is -0.283. The third kappa shape index (κ3) is 1.98. The number of rotatable bonds is 2. The van der Waals surface area contributed by atoms with Crippen molar-refractivity contribution in [3.05, 3.63) is 24.3 Å². The predicted molar refractivity (Wildman–Crippen MR) is 56.3 cm³/mol. The summed E-state index contributed by atoms with van der Waals surface area (Å²) >= 11 is 0. The van der Waals surface area contributed by atoms with Crippen LogP contribution in [0.2, 0.25) is 0 Å². The van der Waals surface area contributed by atoms with Crippen LogP contribution in [-0.4, -0.2) is 32.1 Å². The molecule has 0 unspecified atom stereocenters. The topological polar surface area (TPSA) is 55.8 Å². The van der Waals surface area contributed by atoms with Crippen LogP contribution in [0.25, 0.3) is 0 Å². The molecule has 84 valence electrons. The van der Waals surface area contributed by atoms with Crippen LogP contribution in [0, 0.1) is 0 Å². The number of carbonyl (C=O) groups excluding carboxylic acids is 2. The summed E-state index contributed by atoms with van der Waals surface area (Å²) in [5, 5.41) is 0. The van der Waals surface area contributed by atoms with Crippen molar-refractivity contribution < 1.29 is 19.1 Å². The van der Waals surface area contributed by atoms with E-state index in [-0.39, 0.29) is 25.0 Å². The van der Waals surface area contributed by atoms with Gasteiger partial charge in [-0.2, -0.15) is 0 Å².